The van der Waals surface area contributed by atoms with Crippen molar-refractivity contribution in [3.63, 3.8) is 0 Å². The number of alkyl halides is 3. The average Bonchev–Trinajstić information content (AvgIpc) is 2.32. The third-order valence-electron chi connectivity index (χ3n) is 2.44. The van der Waals surface area contributed by atoms with Gasteiger partial charge in [0.15, 0.2) is 6.10 Å². The maximum absolute atomic E-state index is 12.2. The van der Waals surface area contributed by atoms with Crippen molar-refractivity contribution >= 4 is 28.9 Å². The van der Waals surface area contributed by atoms with E-state index in [1.807, 2.05) is 0 Å². The molecule has 0 bridgehead atoms. The van der Waals surface area contributed by atoms with E-state index in [4.69, 9.17) is 17.3 Å². The maximum atomic E-state index is 12.2. The Morgan fingerprint density at radius 1 is 1.50 bits per heavy atom. The first kappa shape index (κ1) is 16.6. The molecule has 1 aromatic carbocycles. The number of nitrogens with one attached hydrogen (secondary N) is 1. The lowest BCUT2D eigenvalue weighted by Gasteiger charge is -2.16. The summed E-state index contributed by atoms with van der Waals surface area (Å²) < 4.78 is 41.0. The highest BCUT2D eigenvalue weighted by atomic mass is 35.5. The van der Waals surface area contributed by atoms with Gasteiger partial charge in [0, 0.05) is 5.69 Å². The molecule has 0 aliphatic rings. The molecule has 1 rings (SSSR count). The maximum Gasteiger partial charge on any atom is 0.414 e. The minimum absolute atomic E-state index is 0.192. The molecule has 0 heterocycles. The van der Waals surface area contributed by atoms with Crippen LogP contribution in [0, 0.1) is 0 Å². The summed E-state index contributed by atoms with van der Waals surface area (Å²) in [7, 11) is 0. The first-order chi connectivity index (χ1) is 9.20. The van der Waals surface area contributed by atoms with Crippen molar-refractivity contribution in [3.8, 4) is 0 Å². The van der Waals surface area contributed by atoms with E-state index in [9.17, 15) is 18.0 Å². The van der Waals surface area contributed by atoms with Gasteiger partial charge in [0.05, 0.1) is 23.7 Å². The number of carbonyl (C=O) groups is 1. The number of hydrogen-bond acceptors (Lipinski definition) is 3. The van der Waals surface area contributed by atoms with Gasteiger partial charge >= 0.3 is 6.18 Å². The number of anilines is 2. The Morgan fingerprint density at radius 2 is 2.15 bits per heavy atom. The van der Waals surface area contributed by atoms with Gasteiger partial charge in [0.2, 0.25) is 5.91 Å². The third-order valence-corrected chi connectivity index (χ3v) is 2.78. The van der Waals surface area contributed by atoms with E-state index >= 15 is 0 Å². The van der Waals surface area contributed by atoms with Gasteiger partial charge in [0.25, 0.3) is 0 Å². The molecule has 0 saturated carbocycles. The number of rotatable bonds is 5. The van der Waals surface area contributed by atoms with Gasteiger partial charge < -0.3 is 15.8 Å². The molecule has 1 unspecified atom stereocenters. The lowest BCUT2D eigenvalue weighted by molar-refractivity contribution is -0.214. The minimum atomic E-state index is -4.43. The van der Waals surface area contributed by atoms with E-state index in [0.717, 1.165) is 6.92 Å². The van der Waals surface area contributed by atoms with Crippen LogP contribution in [0.1, 0.15) is 13.3 Å². The molecule has 0 radical (unpaired) electrons. The van der Waals surface area contributed by atoms with Crippen LogP contribution >= 0.6 is 11.6 Å². The van der Waals surface area contributed by atoms with E-state index in [2.05, 4.69) is 10.1 Å². The second-order valence-electron chi connectivity index (χ2n) is 4.09. The second-order valence-corrected chi connectivity index (χ2v) is 4.50. The molecule has 1 aromatic rings. The molecule has 0 aromatic heterocycles. The predicted octanol–water partition coefficient (Wildman–Crippen LogP) is 3.22. The van der Waals surface area contributed by atoms with Gasteiger partial charge in [-0.15, -0.1) is 0 Å². The summed E-state index contributed by atoms with van der Waals surface area (Å²) in [5, 5.41) is 2.84. The predicted molar refractivity (Wildman–Crippen MR) is 70.6 cm³/mol. The van der Waals surface area contributed by atoms with Gasteiger partial charge in [-0.2, -0.15) is 13.2 Å². The molecule has 1 amide bonds. The van der Waals surface area contributed by atoms with Crippen molar-refractivity contribution in [1.82, 2.24) is 0 Å². The standard InChI is InChI=1S/C12H14ClF3N2O2/c1-7(12(14,15)16)20-5-4-11(19)18-8-2-3-9(13)10(17)6-8/h2-3,6-7H,4-5,17H2,1H3,(H,18,19). The van der Waals surface area contributed by atoms with Crippen LogP contribution in [0.4, 0.5) is 24.5 Å². The summed E-state index contributed by atoms with van der Waals surface area (Å²) in [6.45, 7) is 0.563. The van der Waals surface area contributed by atoms with Gasteiger partial charge in [-0.3, -0.25) is 4.79 Å². The highest BCUT2D eigenvalue weighted by molar-refractivity contribution is 6.33. The number of carbonyl (C=O) groups excluding carboxylic acids is 1. The van der Waals surface area contributed by atoms with Crippen molar-refractivity contribution in [2.45, 2.75) is 25.6 Å². The lowest BCUT2D eigenvalue weighted by Crippen LogP contribution is -2.29. The average molecular weight is 311 g/mol. The normalized spacial score (nSPS) is 13.1. The smallest absolute Gasteiger partial charge is 0.397 e. The van der Waals surface area contributed by atoms with Crippen molar-refractivity contribution < 1.29 is 22.7 Å². The first-order valence-corrected chi connectivity index (χ1v) is 6.11. The number of ether oxygens (including phenoxy) is 1. The Morgan fingerprint density at radius 3 is 2.70 bits per heavy atom. The Balaban J connectivity index is 2.39. The Kier molecular flexibility index (Phi) is 5.64. The summed E-state index contributed by atoms with van der Waals surface area (Å²) in [5.74, 6) is -0.471. The van der Waals surface area contributed by atoms with Crippen LogP contribution in [0.25, 0.3) is 0 Å². The van der Waals surface area contributed by atoms with E-state index in [1.54, 1.807) is 0 Å². The Bertz CT molecular complexity index is 480. The van der Waals surface area contributed by atoms with Crippen LogP contribution in [0.2, 0.25) is 5.02 Å². The second kappa shape index (κ2) is 6.81. The first-order valence-electron chi connectivity index (χ1n) is 5.73. The molecule has 0 saturated heterocycles. The van der Waals surface area contributed by atoms with E-state index in [0.29, 0.717) is 16.4 Å². The van der Waals surface area contributed by atoms with Gasteiger partial charge in [-0.1, -0.05) is 11.6 Å². The third kappa shape index (κ3) is 5.26. The zero-order valence-electron chi connectivity index (χ0n) is 10.6. The summed E-state index contributed by atoms with van der Waals surface area (Å²) in [4.78, 5) is 11.5. The van der Waals surface area contributed by atoms with Crippen LogP contribution < -0.4 is 11.1 Å². The van der Waals surface area contributed by atoms with Crippen molar-refractivity contribution in [2.75, 3.05) is 17.7 Å². The van der Waals surface area contributed by atoms with Crippen molar-refractivity contribution in [1.29, 1.82) is 0 Å². The van der Waals surface area contributed by atoms with E-state index < -0.39 is 18.2 Å². The quantitative estimate of drug-likeness (QED) is 0.821. The zero-order valence-corrected chi connectivity index (χ0v) is 11.4. The molecular weight excluding hydrogens is 297 g/mol. The molecule has 4 nitrogen and oxygen atoms in total. The van der Waals surface area contributed by atoms with E-state index in [-0.39, 0.29) is 13.0 Å². The zero-order chi connectivity index (χ0) is 15.3. The van der Waals surface area contributed by atoms with E-state index in [1.165, 1.54) is 18.2 Å². The van der Waals surface area contributed by atoms with Crippen LogP contribution in [0.15, 0.2) is 18.2 Å². The molecule has 8 heteroatoms. The van der Waals surface area contributed by atoms with Gasteiger partial charge in [-0.25, -0.2) is 0 Å². The molecule has 112 valence electrons. The van der Waals surface area contributed by atoms with Crippen LogP contribution in [0.5, 0.6) is 0 Å². The Labute approximate surface area is 119 Å². The SMILES string of the molecule is CC(OCCC(=O)Nc1ccc(Cl)c(N)c1)C(F)(F)F. The van der Waals surface area contributed by atoms with Crippen LogP contribution in [0.3, 0.4) is 0 Å². The van der Waals surface area contributed by atoms with Crippen molar-refractivity contribution in [3.05, 3.63) is 23.2 Å². The molecule has 0 aliphatic heterocycles. The van der Waals surface area contributed by atoms with Gasteiger partial charge in [0.1, 0.15) is 0 Å². The van der Waals surface area contributed by atoms with Crippen molar-refractivity contribution in [2.24, 2.45) is 0 Å². The highest BCUT2D eigenvalue weighted by Crippen LogP contribution is 2.23. The number of amides is 1. The lowest BCUT2D eigenvalue weighted by atomic mass is 10.2. The molecule has 20 heavy (non-hydrogen) atoms. The summed E-state index contributed by atoms with van der Waals surface area (Å²) >= 11 is 5.71. The van der Waals surface area contributed by atoms with Crippen LogP contribution in [-0.2, 0) is 9.53 Å². The fraction of sp³-hybridized carbons (Fsp3) is 0.417. The largest absolute Gasteiger partial charge is 0.414 e. The number of halogens is 4. The molecule has 1 atom stereocenters. The summed E-state index contributed by atoms with van der Waals surface area (Å²) in [5.41, 5.74) is 6.27. The summed E-state index contributed by atoms with van der Waals surface area (Å²) in [6.07, 6.45) is -6.52. The molecule has 0 fully saturated rings. The van der Waals surface area contributed by atoms with Gasteiger partial charge in [-0.05, 0) is 25.1 Å². The molecule has 0 spiro atoms. The monoisotopic (exact) mass is 310 g/mol. The van der Waals surface area contributed by atoms with Crippen LogP contribution in [-0.4, -0.2) is 24.8 Å². The number of benzene rings is 1. The topological polar surface area (TPSA) is 64.3 Å². The Hall–Kier alpha value is -1.47. The fourth-order valence-electron chi connectivity index (χ4n) is 1.27. The highest BCUT2D eigenvalue weighted by Gasteiger charge is 2.36. The minimum Gasteiger partial charge on any atom is -0.397 e. The molecule has 3 N–H and O–H groups in total. The number of nitrogens with two attached hydrogens (primary N) is 1. The summed E-state index contributed by atoms with van der Waals surface area (Å²) in [6, 6.07) is 4.50. The molecule has 0 aliphatic carbocycles. The number of hydrogen-bond donors (Lipinski definition) is 2. The number of nitrogen functional groups attached to an aromatic ring is 1. The fourth-order valence-corrected chi connectivity index (χ4v) is 1.39. The molecular formula is C12H14ClF3N2O2.